The van der Waals surface area contributed by atoms with Gasteiger partial charge in [-0.15, -0.1) is 11.3 Å². The molecular formula is C11H11N3O2S. The van der Waals surface area contributed by atoms with Crippen LogP contribution in [0, 0.1) is 0 Å². The fourth-order valence-electron chi connectivity index (χ4n) is 2.04. The Morgan fingerprint density at radius 3 is 2.94 bits per heavy atom. The van der Waals surface area contributed by atoms with E-state index in [-0.39, 0.29) is 17.3 Å². The summed E-state index contributed by atoms with van der Waals surface area (Å²) in [5.74, 6) is -0.0181. The van der Waals surface area contributed by atoms with Gasteiger partial charge in [0.25, 0.3) is 11.5 Å². The molecule has 6 heteroatoms. The lowest BCUT2D eigenvalue weighted by Crippen LogP contribution is -2.30. The van der Waals surface area contributed by atoms with Crippen LogP contribution < -0.4 is 5.56 Å². The zero-order valence-electron chi connectivity index (χ0n) is 9.10. The Morgan fingerprint density at radius 2 is 2.18 bits per heavy atom. The van der Waals surface area contributed by atoms with Gasteiger partial charge < -0.3 is 9.88 Å². The molecule has 3 heterocycles. The summed E-state index contributed by atoms with van der Waals surface area (Å²) < 4.78 is 0.572. The molecular weight excluding hydrogens is 238 g/mol. The van der Waals surface area contributed by atoms with Crippen LogP contribution in [0.3, 0.4) is 0 Å². The Kier molecular flexibility index (Phi) is 2.44. The quantitative estimate of drug-likeness (QED) is 0.826. The van der Waals surface area contributed by atoms with Crippen molar-refractivity contribution in [2.75, 3.05) is 13.1 Å². The molecule has 3 rings (SSSR count). The molecule has 2 aromatic heterocycles. The fourth-order valence-corrected chi connectivity index (χ4v) is 2.77. The first kappa shape index (κ1) is 10.5. The third kappa shape index (κ3) is 1.74. The number of carbonyl (C=O) groups excluding carboxylic acids is 1. The van der Waals surface area contributed by atoms with E-state index in [2.05, 4.69) is 9.97 Å². The van der Waals surface area contributed by atoms with Crippen molar-refractivity contribution in [3.05, 3.63) is 27.6 Å². The highest BCUT2D eigenvalue weighted by Gasteiger charge is 2.22. The zero-order valence-corrected chi connectivity index (χ0v) is 9.92. The zero-order chi connectivity index (χ0) is 11.8. The van der Waals surface area contributed by atoms with Crippen molar-refractivity contribution in [3.8, 4) is 0 Å². The second-order valence-electron chi connectivity index (χ2n) is 4.05. The molecule has 17 heavy (non-hydrogen) atoms. The number of H-pyrrole nitrogens is 1. The van der Waals surface area contributed by atoms with Crippen molar-refractivity contribution in [2.24, 2.45) is 0 Å². The maximum absolute atomic E-state index is 12.1. The summed E-state index contributed by atoms with van der Waals surface area (Å²) in [4.78, 5) is 32.3. The van der Waals surface area contributed by atoms with Crippen LogP contribution in [0.1, 0.15) is 23.5 Å². The summed E-state index contributed by atoms with van der Waals surface area (Å²) in [6.07, 6.45) is 2.05. The Labute approximate surface area is 101 Å². The van der Waals surface area contributed by atoms with E-state index in [1.54, 1.807) is 16.3 Å². The Bertz CT molecular complexity index is 625. The van der Waals surface area contributed by atoms with Crippen molar-refractivity contribution < 1.29 is 4.79 Å². The molecule has 0 bridgehead atoms. The lowest BCUT2D eigenvalue weighted by molar-refractivity contribution is 0.0781. The van der Waals surface area contributed by atoms with Gasteiger partial charge in [0.2, 0.25) is 0 Å². The van der Waals surface area contributed by atoms with E-state index in [4.69, 9.17) is 0 Å². The molecule has 1 amide bonds. The van der Waals surface area contributed by atoms with Gasteiger partial charge in [-0.25, -0.2) is 4.98 Å². The SMILES string of the molecule is O=C(c1nc2ccsc2c(=O)[nH]1)N1CCCC1. The molecule has 0 spiro atoms. The lowest BCUT2D eigenvalue weighted by Gasteiger charge is -2.13. The predicted octanol–water partition coefficient (Wildman–Crippen LogP) is 1.22. The van der Waals surface area contributed by atoms with Gasteiger partial charge in [-0.05, 0) is 24.3 Å². The van der Waals surface area contributed by atoms with E-state index in [9.17, 15) is 9.59 Å². The second-order valence-corrected chi connectivity index (χ2v) is 4.96. The first-order chi connectivity index (χ1) is 8.25. The number of hydrogen-bond donors (Lipinski definition) is 1. The molecule has 1 fully saturated rings. The van der Waals surface area contributed by atoms with Crippen LogP contribution in [-0.4, -0.2) is 33.9 Å². The Morgan fingerprint density at radius 1 is 1.41 bits per heavy atom. The van der Waals surface area contributed by atoms with Crippen molar-refractivity contribution in [1.82, 2.24) is 14.9 Å². The number of nitrogens with zero attached hydrogens (tertiary/aromatic N) is 2. The Balaban J connectivity index is 2.05. The summed E-state index contributed by atoms with van der Waals surface area (Å²) >= 11 is 1.34. The average molecular weight is 249 g/mol. The van der Waals surface area contributed by atoms with E-state index in [0.29, 0.717) is 10.2 Å². The van der Waals surface area contributed by atoms with Gasteiger partial charge >= 0.3 is 0 Å². The maximum Gasteiger partial charge on any atom is 0.289 e. The van der Waals surface area contributed by atoms with E-state index in [0.717, 1.165) is 25.9 Å². The van der Waals surface area contributed by atoms with Gasteiger partial charge in [0, 0.05) is 13.1 Å². The van der Waals surface area contributed by atoms with E-state index in [1.165, 1.54) is 11.3 Å². The van der Waals surface area contributed by atoms with Gasteiger partial charge in [-0.3, -0.25) is 9.59 Å². The van der Waals surface area contributed by atoms with Crippen molar-refractivity contribution in [2.45, 2.75) is 12.8 Å². The van der Waals surface area contributed by atoms with Gasteiger partial charge in [0.05, 0.1) is 5.52 Å². The minimum absolute atomic E-state index is 0.155. The summed E-state index contributed by atoms with van der Waals surface area (Å²) in [5.41, 5.74) is 0.369. The van der Waals surface area contributed by atoms with Crippen LogP contribution >= 0.6 is 11.3 Å². The number of aromatic amines is 1. The highest BCUT2D eigenvalue weighted by Crippen LogP contribution is 2.15. The first-order valence-electron chi connectivity index (χ1n) is 5.52. The van der Waals surface area contributed by atoms with Crippen LogP contribution in [0.4, 0.5) is 0 Å². The van der Waals surface area contributed by atoms with Gasteiger partial charge in [0.1, 0.15) is 4.70 Å². The van der Waals surface area contributed by atoms with Crippen molar-refractivity contribution >= 4 is 27.5 Å². The second kappa shape index (κ2) is 3.96. The van der Waals surface area contributed by atoms with Gasteiger partial charge in [-0.1, -0.05) is 0 Å². The number of aromatic nitrogens is 2. The monoisotopic (exact) mass is 249 g/mol. The molecule has 1 saturated heterocycles. The minimum atomic E-state index is -0.229. The summed E-state index contributed by atoms with van der Waals surface area (Å²) in [6.45, 7) is 1.51. The number of carbonyl (C=O) groups is 1. The van der Waals surface area contributed by atoms with Crippen molar-refractivity contribution in [1.29, 1.82) is 0 Å². The molecule has 88 valence electrons. The average Bonchev–Trinajstić information content (AvgIpc) is 2.98. The number of nitrogens with one attached hydrogen (secondary N) is 1. The fraction of sp³-hybridized carbons (Fsp3) is 0.364. The molecule has 0 unspecified atom stereocenters. The number of hydrogen-bond acceptors (Lipinski definition) is 4. The molecule has 1 aliphatic rings. The van der Waals surface area contributed by atoms with E-state index >= 15 is 0 Å². The van der Waals surface area contributed by atoms with Gasteiger partial charge in [-0.2, -0.15) is 0 Å². The van der Waals surface area contributed by atoms with Gasteiger partial charge in [0.15, 0.2) is 5.82 Å². The van der Waals surface area contributed by atoms with E-state index in [1.807, 2.05) is 0 Å². The number of fused-ring (bicyclic) bond motifs is 1. The summed E-state index contributed by atoms with van der Waals surface area (Å²) in [7, 11) is 0. The summed E-state index contributed by atoms with van der Waals surface area (Å²) in [6, 6.07) is 1.76. The molecule has 0 saturated carbocycles. The molecule has 1 aliphatic heterocycles. The predicted molar refractivity (Wildman–Crippen MR) is 65.4 cm³/mol. The normalized spacial score (nSPS) is 15.6. The molecule has 5 nitrogen and oxygen atoms in total. The highest BCUT2D eigenvalue weighted by molar-refractivity contribution is 7.17. The number of likely N-dealkylation sites (tertiary alicyclic amines) is 1. The topological polar surface area (TPSA) is 66.1 Å². The van der Waals surface area contributed by atoms with E-state index < -0.39 is 0 Å². The number of rotatable bonds is 1. The van der Waals surface area contributed by atoms with Crippen LogP contribution in [0.2, 0.25) is 0 Å². The van der Waals surface area contributed by atoms with Crippen LogP contribution in [0.5, 0.6) is 0 Å². The maximum atomic E-state index is 12.1. The number of amides is 1. The summed E-state index contributed by atoms with van der Waals surface area (Å²) in [5, 5.41) is 1.80. The molecule has 0 radical (unpaired) electrons. The largest absolute Gasteiger partial charge is 0.336 e. The third-order valence-corrected chi connectivity index (χ3v) is 3.81. The first-order valence-corrected chi connectivity index (χ1v) is 6.40. The minimum Gasteiger partial charge on any atom is -0.336 e. The lowest BCUT2D eigenvalue weighted by atomic mass is 10.4. The molecule has 0 aliphatic carbocycles. The highest BCUT2D eigenvalue weighted by atomic mass is 32.1. The Hall–Kier alpha value is -1.69. The molecule has 1 N–H and O–H groups in total. The molecule has 2 aromatic rings. The third-order valence-electron chi connectivity index (χ3n) is 2.91. The molecule has 0 atom stereocenters. The van der Waals surface area contributed by atoms with Crippen LogP contribution in [0.15, 0.2) is 16.2 Å². The smallest absolute Gasteiger partial charge is 0.289 e. The number of thiophene rings is 1. The van der Waals surface area contributed by atoms with Crippen LogP contribution in [0.25, 0.3) is 10.2 Å². The van der Waals surface area contributed by atoms with Crippen LogP contribution in [-0.2, 0) is 0 Å². The van der Waals surface area contributed by atoms with Crippen molar-refractivity contribution in [3.63, 3.8) is 0 Å². The standard InChI is InChI=1S/C11H11N3O2S/c15-10-8-7(3-6-17-8)12-9(13-10)11(16)14-4-1-2-5-14/h3,6H,1-2,4-5H2,(H,12,13,15). The molecule has 0 aromatic carbocycles.